The normalized spacial score (nSPS) is 22.0. The summed E-state index contributed by atoms with van der Waals surface area (Å²) in [6.45, 7) is 3.47. The lowest BCUT2D eigenvalue weighted by Gasteiger charge is -2.34. The van der Waals surface area contributed by atoms with Gasteiger partial charge in [0.05, 0.1) is 23.7 Å². The summed E-state index contributed by atoms with van der Waals surface area (Å²) in [5.41, 5.74) is 10.7. The van der Waals surface area contributed by atoms with Crippen molar-refractivity contribution in [3.8, 4) is 0 Å². The van der Waals surface area contributed by atoms with Crippen molar-refractivity contribution in [1.29, 1.82) is 0 Å². The summed E-state index contributed by atoms with van der Waals surface area (Å²) < 4.78 is 2.01. The van der Waals surface area contributed by atoms with Crippen LogP contribution in [0.2, 0.25) is 10.0 Å². The first-order valence-electron chi connectivity index (χ1n) is 12.1. The molecule has 2 heterocycles. The van der Waals surface area contributed by atoms with E-state index in [1.54, 1.807) is 6.07 Å². The molecule has 5 rings (SSSR count). The molecule has 0 saturated heterocycles. The fourth-order valence-corrected chi connectivity index (χ4v) is 5.92. The molecule has 0 radical (unpaired) electrons. The van der Waals surface area contributed by atoms with Crippen LogP contribution >= 0.6 is 23.2 Å². The van der Waals surface area contributed by atoms with Gasteiger partial charge in [-0.05, 0) is 61.1 Å². The number of nitrogens with zero attached hydrogens (tertiary/aromatic N) is 3. The quantitative estimate of drug-likeness (QED) is 0.475. The van der Waals surface area contributed by atoms with E-state index in [1.807, 2.05) is 27.9 Å². The molecule has 178 valence electrons. The smallest absolute Gasteiger partial charge is 0.227 e. The van der Waals surface area contributed by atoms with Gasteiger partial charge in [-0.25, -0.2) is 0 Å². The molecular weight excluding hydrogens is 467 g/mol. The number of halogens is 2. The van der Waals surface area contributed by atoms with Crippen LogP contribution in [-0.4, -0.2) is 39.7 Å². The molecule has 0 bridgehead atoms. The molecule has 1 aliphatic heterocycles. The first kappa shape index (κ1) is 23.4. The predicted molar refractivity (Wildman–Crippen MR) is 139 cm³/mol. The molecule has 2 aliphatic rings. The van der Waals surface area contributed by atoms with E-state index in [1.165, 1.54) is 11.1 Å². The summed E-state index contributed by atoms with van der Waals surface area (Å²) in [6.07, 6.45) is 9.04. The highest BCUT2D eigenvalue weighted by atomic mass is 35.5. The Morgan fingerprint density at radius 1 is 1.15 bits per heavy atom. The van der Waals surface area contributed by atoms with Crippen molar-refractivity contribution in [1.82, 2.24) is 14.7 Å². The van der Waals surface area contributed by atoms with Gasteiger partial charge < -0.3 is 10.6 Å². The molecule has 2 aromatic carbocycles. The third kappa shape index (κ3) is 4.49. The van der Waals surface area contributed by atoms with E-state index in [0.29, 0.717) is 16.6 Å². The van der Waals surface area contributed by atoms with Gasteiger partial charge in [-0.2, -0.15) is 5.10 Å². The number of carbonyl (C=O) groups is 1. The van der Waals surface area contributed by atoms with E-state index in [9.17, 15) is 4.79 Å². The Morgan fingerprint density at radius 3 is 2.71 bits per heavy atom. The maximum Gasteiger partial charge on any atom is 0.227 e. The number of aromatic nitrogens is 2. The van der Waals surface area contributed by atoms with Gasteiger partial charge >= 0.3 is 0 Å². The van der Waals surface area contributed by atoms with Gasteiger partial charge in [-0.15, -0.1) is 0 Å². The highest BCUT2D eigenvalue weighted by Gasteiger charge is 2.32. The average Bonchev–Trinajstić information content (AvgIpc) is 3.27. The summed E-state index contributed by atoms with van der Waals surface area (Å²) in [5, 5.41) is 7.00. The molecule has 1 fully saturated rings. The molecule has 1 saturated carbocycles. The van der Waals surface area contributed by atoms with Gasteiger partial charge in [0, 0.05) is 34.6 Å². The number of carbonyl (C=O) groups excluding carboxylic acids is 1. The molecule has 1 amide bonds. The first-order chi connectivity index (χ1) is 16.4. The van der Waals surface area contributed by atoms with Gasteiger partial charge in [-0.1, -0.05) is 60.3 Å². The van der Waals surface area contributed by atoms with E-state index in [2.05, 4.69) is 36.3 Å². The number of hydrogen-bond donors (Lipinski definition) is 1. The van der Waals surface area contributed by atoms with Crippen molar-refractivity contribution >= 4 is 45.6 Å². The van der Waals surface area contributed by atoms with Crippen molar-refractivity contribution < 1.29 is 4.79 Å². The van der Waals surface area contributed by atoms with Crippen LogP contribution < -0.4 is 5.73 Å². The molecule has 3 aromatic rings. The minimum atomic E-state index is -0.0364. The fraction of sp³-hybridized carbons (Fsp3) is 0.407. The Balaban J connectivity index is 1.37. The lowest BCUT2D eigenvalue weighted by atomic mass is 9.84. The third-order valence-electron chi connectivity index (χ3n) is 7.41. The molecule has 7 heteroatoms. The molecule has 5 nitrogen and oxygen atoms in total. The van der Waals surface area contributed by atoms with Gasteiger partial charge in [0.2, 0.25) is 5.91 Å². The summed E-state index contributed by atoms with van der Waals surface area (Å²) >= 11 is 12.6. The number of nitrogens with two attached hydrogens (primary N) is 1. The SMILES string of the molecule is CC(c1ccc(Cl)cc1Cl)n1ncc2ccc(C3=CCN(C(=O)[C@@H]4CCCC[C@H]4N)CC3)cc21. The second-order valence-electron chi connectivity index (χ2n) is 9.52. The second-order valence-corrected chi connectivity index (χ2v) is 10.4. The fourth-order valence-electron chi connectivity index (χ4n) is 5.35. The summed E-state index contributed by atoms with van der Waals surface area (Å²) in [6, 6.07) is 12.0. The van der Waals surface area contributed by atoms with Crippen LogP contribution in [0.3, 0.4) is 0 Å². The number of benzene rings is 2. The number of hydrogen-bond acceptors (Lipinski definition) is 3. The van der Waals surface area contributed by atoms with E-state index in [-0.39, 0.29) is 23.9 Å². The number of amides is 1. The van der Waals surface area contributed by atoms with Gasteiger partial charge in [0.25, 0.3) is 0 Å². The Hall–Kier alpha value is -2.34. The van der Waals surface area contributed by atoms with E-state index >= 15 is 0 Å². The molecule has 2 N–H and O–H groups in total. The van der Waals surface area contributed by atoms with Crippen LogP contribution in [-0.2, 0) is 4.79 Å². The Morgan fingerprint density at radius 2 is 1.97 bits per heavy atom. The zero-order chi connectivity index (χ0) is 23.8. The Kier molecular flexibility index (Phi) is 6.70. The minimum absolute atomic E-state index is 0.00505. The van der Waals surface area contributed by atoms with Gasteiger partial charge in [0.1, 0.15) is 0 Å². The molecule has 34 heavy (non-hydrogen) atoms. The molecule has 3 atom stereocenters. The van der Waals surface area contributed by atoms with E-state index in [0.717, 1.165) is 55.1 Å². The largest absolute Gasteiger partial charge is 0.338 e. The van der Waals surface area contributed by atoms with Crippen molar-refractivity contribution in [3.05, 3.63) is 69.8 Å². The molecular formula is C27H30Cl2N4O. The predicted octanol–water partition coefficient (Wildman–Crippen LogP) is 6.09. The Labute approximate surface area is 210 Å². The van der Waals surface area contributed by atoms with Crippen molar-refractivity contribution in [2.75, 3.05) is 13.1 Å². The summed E-state index contributed by atoms with van der Waals surface area (Å²) in [4.78, 5) is 15.0. The zero-order valence-corrected chi connectivity index (χ0v) is 20.9. The maximum atomic E-state index is 13.0. The van der Waals surface area contributed by atoms with Crippen LogP contribution in [0.25, 0.3) is 16.5 Å². The molecule has 0 spiro atoms. The lowest BCUT2D eigenvalue weighted by molar-refractivity contribution is -0.136. The van der Waals surface area contributed by atoms with Crippen LogP contribution in [0.5, 0.6) is 0 Å². The monoisotopic (exact) mass is 496 g/mol. The maximum absolute atomic E-state index is 13.0. The summed E-state index contributed by atoms with van der Waals surface area (Å²) in [7, 11) is 0. The first-order valence-corrected chi connectivity index (χ1v) is 12.8. The minimum Gasteiger partial charge on any atom is -0.338 e. The number of rotatable bonds is 4. The second kappa shape index (κ2) is 9.73. The third-order valence-corrected chi connectivity index (χ3v) is 7.97. The van der Waals surface area contributed by atoms with Crippen LogP contribution in [0.15, 0.2) is 48.7 Å². The lowest BCUT2D eigenvalue weighted by Crippen LogP contribution is -2.46. The highest BCUT2D eigenvalue weighted by Crippen LogP contribution is 2.33. The van der Waals surface area contributed by atoms with Crippen molar-refractivity contribution in [2.24, 2.45) is 11.7 Å². The number of fused-ring (bicyclic) bond motifs is 1. The van der Waals surface area contributed by atoms with Crippen LogP contribution in [0.4, 0.5) is 0 Å². The molecule has 1 aliphatic carbocycles. The average molecular weight is 497 g/mol. The standard InChI is InChI=1S/C27H30Cl2N4O/c1-17(22-9-8-21(28)15-24(22)29)33-26-14-19(6-7-20(26)16-31-33)18-10-12-32(13-11-18)27(34)23-4-2-3-5-25(23)30/h6-10,14-17,23,25H,2-5,11-13,30H2,1H3/t17?,23-,25-/m1/s1. The van der Waals surface area contributed by atoms with Crippen molar-refractivity contribution in [3.63, 3.8) is 0 Å². The molecule has 1 unspecified atom stereocenters. The Bertz CT molecular complexity index is 1250. The highest BCUT2D eigenvalue weighted by molar-refractivity contribution is 6.35. The van der Waals surface area contributed by atoms with E-state index in [4.69, 9.17) is 28.9 Å². The van der Waals surface area contributed by atoms with Crippen LogP contribution in [0.1, 0.15) is 56.2 Å². The molecule has 1 aromatic heterocycles. The summed E-state index contributed by atoms with van der Waals surface area (Å²) in [5.74, 6) is 0.209. The van der Waals surface area contributed by atoms with Crippen LogP contribution in [0, 0.1) is 5.92 Å². The van der Waals surface area contributed by atoms with Gasteiger partial charge in [-0.3, -0.25) is 9.48 Å². The van der Waals surface area contributed by atoms with E-state index < -0.39 is 0 Å². The van der Waals surface area contributed by atoms with Gasteiger partial charge in [0.15, 0.2) is 0 Å². The zero-order valence-electron chi connectivity index (χ0n) is 19.4. The topological polar surface area (TPSA) is 64.2 Å². The van der Waals surface area contributed by atoms with Crippen molar-refractivity contribution in [2.45, 2.75) is 51.1 Å².